The lowest BCUT2D eigenvalue weighted by molar-refractivity contribution is -0.148. The van der Waals surface area contributed by atoms with Gasteiger partial charge in [-0.15, -0.1) is 11.3 Å². The first-order valence-corrected chi connectivity index (χ1v) is 18.7. The predicted octanol–water partition coefficient (Wildman–Crippen LogP) is 8.15. The van der Waals surface area contributed by atoms with Crippen molar-refractivity contribution in [2.75, 3.05) is 18.4 Å². The largest absolute Gasteiger partial charge is 0.455 e. The first-order chi connectivity index (χ1) is 22.8. The van der Waals surface area contributed by atoms with Gasteiger partial charge >= 0.3 is 5.97 Å². The van der Waals surface area contributed by atoms with Gasteiger partial charge in [-0.2, -0.15) is 0 Å². The molecule has 0 aliphatic rings. The summed E-state index contributed by atoms with van der Waals surface area (Å²) in [5.74, 6) is -0.528. The Morgan fingerprint density at radius 1 is 1.02 bits per heavy atom. The molecular formula is C38H60N4O5S. The number of aldehydes is 1. The Hall–Kier alpha value is -3.27. The van der Waals surface area contributed by atoms with Gasteiger partial charge in [0.1, 0.15) is 17.0 Å². The molecule has 0 aliphatic carbocycles. The average Bonchev–Trinajstić information content (AvgIpc) is 3.53. The van der Waals surface area contributed by atoms with E-state index in [1.54, 1.807) is 5.38 Å². The number of thiazole rings is 1. The second-order valence-corrected chi connectivity index (χ2v) is 14.8. The van der Waals surface area contributed by atoms with Crippen LogP contribution in [0.4, 0.5) is 5.69 Å². The van der Waals surface area contributed by atoms with E-state index in [2.05, 4.69) is 43.3 Å². The van der Waals surface area contributed by atoms with E-state index in [0.29, 0.717) is 37.2 Å². The number of anilines is 1. The molecule has 268 valence electrons. The standard InChI is InChI=1S/C38H60N4O5S/c1-9-12-14-15-21-42(35(45)16-13-10-2)33(27(4)5)23-34(47-28(6)44)37-41-32(25-48-37)36(46)40-31(24-38(7,8)26-43)22-29-17-19-30(20-18-29)39-11-3/h17-20,25-27,31,33-34,39H,9-16,21-24H2,1-8H3,(H,40,46). The van der Waals surface area contributed by atoms with Crippen LogP contribution in [0.1, 0.15) is 140 Å². The molecule has 2 aromatic rings. The molecule has 0 radical (unpaired) electrons. The summed E-state index contributed by atoms with van der Waals surface area (Å²) in [4.78, 5) is 57.9. The van der Waals surface area contributed by atoms with Crippen LogP contribution < -0.4 is 10.6 Å². The fourth-order valence-electron chi connectivity index (χ4n) is 5.94. The smallest absolute Gasteiger partial charge is 0.303 e. The summed E-state index contributed by atoms with van der Waals surface area (Å²) in [7, 11) is 0. The molecule has 3 unspecified atom stereocenters. The number of aromatic nitrogens is 1. The second kappa shape index (κ2) is 21.0. The molecule has 1 aromatic carbocycles. The molecule has 2 amide bonds. The minimum atomic E-state index is -0.696. The predicted molar refractivity (Wildman–Crippen MR) is 195 cm³/mol. The fourth-order valence-corrected chi connectivity index (χ4v) is 6.78. The van der Waals surface area contributed by atoms with Gasteiger partial charge in [0.05, 0.1) is 0 Å². The summed E-state index contributed by atoms with van der Waals surface area (Å²) < 4.78 is 5.83. The molecule has 3 atom stereocenters. The van der Waals surface area contributed by atoms with E-state index >= 15 is 0 Å². The molecule has 2 N–H and O–H groups in total. The van der Waals surface area contributed by atoms with Gasteiger partial charge < -0.3 is 25.1 Å². The Balaban J connectivity index is 2.31. The van der Waals surface area contributed by atoms with Crippen LogP contribution in [0.2, 0.25) is 0 Å². The van der Waals surface area contributed by atoms with Crippen molar-refractivity contribution in [1.82, 2.24) is 15.2 Å². The van der Waals surface area contributed by atoms with Crippen molar-refractivity contribution in [3.8, 4) is 0 Å². The minimum absolute atomic E-state index is 0.122. The number of amides is 2. The van der Waals surface area contributed by atoms with E-state index in [0.717, 1.165) is 62.6 Å². The Labute approximate surface area is 293 Å². The van der Waals surface area contributed by atoms with Gasteiger partial charge in [0.15, 0.2) is 6.10 Å². The number of nitrogens with one attached hydrogen (secondary N) is 2. The third-order valence-electron chi connectivity index (χ3n) is 8.52. The van der Waals surface area contributed by atoms with Crippen molar-refractivity contribution in [3.63, 3.8) is 0 Å². The number of esters is 1. The topological polar surface area (TPSA) is 118 Å². The number of carbonyl (C=O) groups is 4. The number of rotatable bonds is 23. The van der Waals surface area contributed by atoms with Crippen LogP contribution in [0.3, 0.4) is 0 Å². The quantitative estimate of drug-likeness (QED) is 0.0689. The Kier molecular flexibility index (Phi) is 17.9. The van der Waals surface area contributed by atoms with Crippen LogP contribution in [0.15, 0.2) is 29.6 Å². The summed E-state index contributed by atoms with van der Waals surface area (Å²) in [6, 6.07) is 7.62. The Morgan fingerprint density at radius 2 is 1.71 bits per heavy atom. The first kappa shape index (κ1) is 40.9. The van der Waals surface area contributed by atoms with E-state index in [1.807, 2.05) is 49.9 Å². The lowest BCUT2D eigenvalue weighted by Crippen LogP contribution is -2.45. The minimum Gasteiger partial charge on any atom is -0.455 e. The van der Waals surface area contributed by atoms with Crippen LogP contribution in [0.5, 0.6) is 0 Å². The summed E-state index contributed by atoms with van der Waals surface area (Å²) in [5, 5.41) is 8.62. The zero-order chi connectivity index (χ0) is 35.7. The van der Waals surface area contributed by atoms with Gasteiger partial charge in [-0.25, -0.2) is 4.98 Å². The summed E-state index contributed by atoms with van der Waals surface area (Å²) >= 11 is 1.28. The maximum absolute atomic E-state index is 13.6. The van der Waals surface area contributed by atoms with Crippen LogP contribution >= 0.6 is 11.3 Å². The van der Waals surface area contributed by atoms with Gasteiger partial charge in [0.25, 0.3) is 5.91 Å². The van der Waals surface area contributed by atoms with Gasteiger partial charge in [-0.1, -0.05) is 79.4 Å². The molecule has 10 heteroatoms. The highest BCUT2D eigenvalue weighted by Crippen LogP contribution is 2.32. The lowest BCUT2D eigenvalue weighted by Gasteiger charge is -2.36. The maximum Gasteiger partial charge on any atom is 0.303 e. The van der Waals surface area contributed by atoms with Gasteiger partial charge in [0.2, 0.25) is 5.91 Å². The van der Waals surface area contributed by atoms with Crippen molar-refractivity contribution in [2.24, 2.45) is 11.3 Å². The number of ether oxygens (including phenoxy) is 1. The van der Waals surface area contributed by atoms with E-state index < -0.39 is 17.5 Å². The normalized spacial score (nSPS) is 13.4. The maximum atomic E-state index is 13.6. The molecule has 0 saturated heterocycles. The molecule has 0 aliphatic heterocycles. The molecule has 2 rings (SSSR count). The monoisotopic (exact) mass is 684 g/mol. The zero-order valence-corrected chi connectivity index (χ0v) is 31.4. The van der Waals surface area contributed by atoms with Gasteiger partial charge in [-0.3, -0.25) is 14.4 Å². The van der Waals surface area contributed by atoms with Crippen LogP contribution in [0.25, 0.3) is 0 Å². The van der Waals surface area contributed by atoms with Crippen LogP contribution in [-0.2, 0) is 25.5 Å². The van der Waals surface area contributed by atoms with E-state index in [4.69, 9.17) is 4.74 Å². The molecule has 0 saturated carbocycles. The Morgan fingerprint density at radius 3 is 2.29 bits per heavy atom. The molecule has 48 heavy (non-hydrogen) atoms. The number of benzene rings is 1. The van der Waals surface area contributed by atoms with Gasteiger partial charge in [0, 0.05) is 61.4 Å². The number of nitrogens with zero attached hydrogens (tertiary/aromatic N) is 2. The molecule has 1 aromatic heterocycles. The van der Waals surface area contributed by atoms with E-state index in [-0.39, 0.29) is 35.5 Å². The Bertz CT molecular complexity index is 1280. The number of hydrogen-bond donors (Lipinski definition) is 2. The van der Waals surface area contributed by atoms with Crippen LogP contribution in [-0.4, -0.2) is 59.1 Å². The van der Waals surface area contributed by atoms with Crippen LogP contribution in [0, 0.1) is 11.3 Å². The summed E-state index contributed by atoms with van der Waals surface area (Å²) in [6.45, 7) is 17.1. The van der Waals surface area contributed by atoms with E-state index in [9.17, 15) is 19.2 Å². The SMILES string of the molecule is CCCCCCN(C(=O)CCCC)C(CC(OC(C)=O)c1nc(C(=O)NC(Cc2ccc(NCC)cc2)CC(C)(C)C=O)cs1)C(C)C. The highest BCUT2D eigenvalue weighted by atomic mass is 32.1. The molecule has 0 fully saturated rings. The highest BCUT2D eigenvalue weighted by Gasteiger charge is 2.32. The molecule has 0 spiro atoms. The summed E-state index contributed by atoms with van der Waals surface area (Å²) in [6.07, 6.45) is 8.14. The summed E-state index contributed by atoms with van der Waals surface area (Å²) in [5.41, 5.74) is 1.68. The highest BCUT2D eigenvalue weighted by molar-refractivity contribution is 7.09. The number of hydrogen-bond acceptors (Lipinski definition) is 8. The van der Waals surface area contributed by atoms with Crippen molar-refractivity contribution in [1.29, 1.82) is 0 Å². The van der Waals surface area contributed by atoms with E-state index in [1.165, 1.54) is 18.3 Å². The number of unbranched alkanes of at least 4 members (excludes halogenated alkanes) is 4. The third-order valence-corrected chi connectivity index (χ3v) is 9.46. The van der Waals surface area contributed by atoms with Crippen molar-refractivity contribution in [2.45, 2.75) is 138 Å². The third kappa shape index (κ3) is 14.1. The lowest BCUT2D eigenvalue weighted by atomic mass is 9.85. The molecule has 0 bridgehead atoms. The second-order valence-electron chi connectivity index (χ2n) is 13.9. The van der Waals surface area contributed by atoms with Crippen molar-refractivity contribution < 1.29 is 23.9 Å². The zero-order valence-electron chi connectivity index (χ0n) is 30.6. The van der Waals surface area contributed by atoms with Crippen molar-refractivity contribution >= 4 is 41.1 Å². The average molecular weight is 685 g/mol. The first-order valence-electron chi connectivity index (χ1n) is 17.9. The molecule has 9 nitrogen and oxygen atoms in total. The fraction of sp³-hybridized carbons (Fsp3) is 0.658. The number of carbonyl (C=O) groups excluding carboxylic acids is 4. The van der Waals surface area contributed by atoms with Gasteiger partial charge in [-0.05, 0) is 56.2 Å². The molecular weight excluding hydrogens is 625 g/mol. The molecule has 1 heterocycles. The van der Waals surface area contributed by atoms with Crippen molar-refractivity contribution in [3.05, 3.63) is 45.9 Å².